The molecule has 0 saturated heterocycles. The van der Waals surface area contributed by atoms with Crippen molar-refractivity contribution in [3.8, 4) is 6.07 Å². The number of nitriles is 1. The number of amides is 1. The summed E-state index contributed by atoms with van der Waals surface area (Å²) in [5.74, 6) is -3.46. The molecule has 3 aromatic rings. The van der Waals surface area contributed by atoms with Gasteiger partial charge in [-0.25, -0.2) is 8.78 Å². The van der Waals surface area contributed by atoms with Gasteiger partial charge in [-0.2, -0.15) is 5.26 Å². The van der Waals surface area contributed by atoms with Crippen LogP contribution in [0.2, 0.25) is 0 Å². The molecule has 2 aromatic heterocycles. The predicted molar refractivity (Wildman–Crippen MR) is 90.6 cm³/mol. The second kappa shape index (κ2) is 7.66. The quantitative estimate of drug-likeness (QED) is 0.701. The molecule has 1 N–H and O–H groups in total. The van der Waals surface area contributed by atoms with Gasteiger partial charge in [-0.05, 0) is 24.3 Å². The first-order valence-electron chi connectivity index (χ1n) is 7.87. The Kier molecular flexibility index (Phi) is 5.13. The lowest BCUT2D eigenvalue weighted by atomic mass is 10.2. The van der Waals surface area contributed by atoms with Crippen molar-refractivity contribution < 1.29 is 23.1 Å². The fourth-order valence-electron chi connectivity index (χ4n) is 2.55. The number of hydrogen-bond acceptors (Lipinski definition) is 4. The maximum atomic E-state index is 13.5. The van der Waals surface area contributed by atoms with Gasteiger partial charge in [-0.15, -0.1) is 0 Å². The van der Waals surface area contributed by atoms with Gasteiger partial charge in [0.2, 0.25) is 0 Å². The lowest BCUT2D eigenvalue weighted by Crippen LogP contribution is -2.31. The second-order valence-corrected chi connectivity index (χ2v) is 5.60. The van der Waals surface area contributed by atoms with E-state index in [1.54, 1.807) is 35.0 Å². The van der Waals surface area contributed by atoms with Crippen LogP contribution in [-0.4, -0.2) is 22.8 Å². The van der Waals surface area contributed by atoms with Crippen molar-refractivity contribution in [1.29, 1.82) is 5.26 Å². The molecular weight excluding hydrogens is 356 g/mol. The summed E-state index contributed by atoms with van der Waals surface area (Å²) in [7, 11) is 0. The highest BCUT2D eigenvalue weighted by Crippen LogP contribution is 2.18. The Morgan fingerprint density at radius 3 is 2.78 bits per heavy atom. The fraction of sp³-hybridized carbons (Fsp3) is 0.105. The third kappa shape index (κ3) is 3.93. The summed E-state index contributed by atoms with van der Waals surface area (Å²) in [5, 5.41) is 11.5. The number of pyridine rings is 1. The average Bonchev–Trinajstić information content (AvgIpc) is 3.02. The van der Waals surface area contributed by atoms with E-state index in [0.29, 0.717) is 22.7 Å². The van der Waals surface area contributed by atoms with Crippen LogP contribution in [0.1, 0.15) is 21.5 Å². The van der Waals surface area contributed by atoms with Crippen LogP contribution in [0.25, 0.3) is 5.52 Å². The third-order valence-electron chi connectivity index (χ3n) is 3.83. The van der Waals surface area contributed by atoms with Crippen LogP contribution in [0.4, 0.5) is 8.78 Å². The molecule has 0 aliphatic rings. The summed E-state index contributed by atoms with van der Waals surface area (Å²) in [6.07, 6.45) is 3.44. The molecule has 0 aliphatic heterocycles. The lowest BCUT2D eigenvalue weighted by Gasteiger charge is -2.07. The molecule has 0 spiro atoms. The maximum Gasteiger partial charge on any atom is 0.325 e. The number of nitrogens with zero attached hydrogens (tertiary/aromatic N) is 2. The normalized spacial score (nSPS) is 10.4. The molecule has 0 bridgehead atoms. The van der Waals surface area contributed by atoms with Crippen LogP contribution in [0.15, 0.2) is 48.8 Å². The van der Waals surface area contributed by atoms with Crippen LogP contribution in [0.5, 0.6) is 0 Å². The number of esters is 1. The van der Waals surface area contributed by atoms with Gasteiger partial charge in [0.15, 0.2) is 0 Å². The van der Waals surface area contributed by atoms with Crippen LogP contribution in [-0.2, 0) is 16.1 Å². The number of rotatable bonds is 5. The van der Waals surface area contributed by atoms with Gasteiger partial charge in [0.1, 0.15) is 30.9 Å². The van der Waals surface area contributed by atoms with Crippen LogP contribution in [0, 0.1) is 23.0 Å². The molecule has 2 heterocycles. The Balaban J connectivity index is 1.59. The Bertz CT molecular complexity index is 1070. The first kappa shape index (κ1) is 18.1. The SMILES string of the molecule is N#Cc1c(COC(=O)CNC(=O)c2ccc(F)cc2F)cn2ccccc12. The van der Waals surface area contributed by atoms with E-state index < -0.39 is 30.1 Å². The Labute approximate surface area is 152 Å². The number of fused-ring (bicyclic) bond motifs is 1. The third-order valence-corrected chi connectivity index (χ3v) is 3.83. The van der Waals surface area contributed by atoms with Gasteiger partial charge < -0.3 is 14.5 Å². The fourth-order valence-corrected chi connectivity index (χ4v) is 2.55. The number of hydrogen-bond donors (Lipinski definition) is 1. The van der Waals surface area contributed by atoms with Crippen molar-refractivity contribution in [2.24, 2.45) is 0 Å². The van der Waals surface area contributed by atoms with Gasteiger partial charge in [0.25, 0.3) is 5.91 Å². The van der Waals surface area contributed by atoms with E-state index in [4.69, 9.17) is 4.74 Å². The number of carbonyl (C=O) groups excluding carboxylic acids is 2. The second-order valence-electron chi connectivity index (χ2n) is 5.60. The minimum Gasteiger partial charge on any atom is -0.459 e. The summed E-state index contributed by atoms with van der Waals surface area (Å²) in [6.45, 7) is -0.644. The number of benzene rings is 1. The largest absolute Gasteiger partial charge is 0.459 e. The number of halogens is 2. The van der Waals surface area contributed by atoms with E-state index in [1.807, 2.05) is 0 Å². The number of aromatic nitrogens is 1. The zero-order valence-electron chi connectivity index (χ0n) is 13.9. The molecule has 0 saturated carbocycles. The minimum atomic E-state index is -1.03. The lowest BCUT2D eigenvalue weighted by molar-refractivity contribution is -0.143. The molecule has 1 aromatic carbocycles. The molecular formula is C19H13F2N3O3. The summed E-state index contributed by atoms with van der Waals surface area (Å²) in [6, 6.07) is 9.93. The first-order valence-corrected chi connectivity index (χ1v) is 7.87. The topological polar surface area (TPSA) is 83.6 Å². The van der Waals surface area contributed by atoms with Crippen LogP contribution < -0.4 is 5.32 Å². The van der Waals surface area contributed by atoms with Crippen molar-refractivity contribution in [3.63, 3.8) is 0 Å². The van der Waals surface area contributed by atoms with E-state index in [2.05, 4.69) is 11.4 Å². The number of ether oxygens (including phenoxy) is 1. The van der Waals surface area contributed by atoms with Crippen molar-refractivity contribution >= 4 is 17.4 Å². The molecule has 0 radical (unpaired) electrons. The predicted octanol–water partition coefficient (Wildman–Crippen LogP) is 2.56. The average molecular weight is 369 g/mol. The molecule has 0 aliphatic carbocycles. The first-order chi connectivity index (χ1) is 13.0. The van der Waals surface area contributed by atoms with Gasteiger partial charge in [0.05, 0.1) is 16.6 Å². The van der Waals surface area contributed by atoms with Gasteiger partial charge >= 0.3 is 5.97 Å². The standard InChI is InChI=1S/C19H13F2N3O3/c20-13-4-5-14(16(21)7-13)19(26)23-9-18(25)27-11-12-10-24-6-2-1-3-17(24)15(12)8-22/h1-7,10H,9,11H2,(H,23,26). The Hall–Kier alpha value is -3.73. The van der Waals surface area contributed by atoms with Crippen molar-refractivity contribution in [2.75, 3.05) is 6.54 Å². The minimum absolute atomic E-state index is 0.149. The summed E-state index contributed by atoms with van der Waals surface area (Å²) < 4.78 is 33.2. The highest BCUT2D eigenvalue weighted by molar-refractivity contribution is 5.96. The highest BCUT2D eigenvalue weighted by Gasteiger charge is 2.15. The van der Waals surface area contributed by atoms with E-state index in [1.165, 1.54) is 0 Å². The van der Waals surface area contributed by atoms with Crippen molar-refractivity contribution in [3.05, 3.63) is 77.1 Å². The molecule has 3 rings (SSSR count). The molecule has 8 heteroatoms. The molecule has 0 atom stereocenters. The van der Waals surface area contributed by atoms with Gasteiger partial charge in [0, 0.05) is 24.0 Å². The van der Waals surface area contributed by atoms with Crippen molar-refractivity contribution in [1.82, 2.24) is 9.72 Å². The number of carbonyl (C=O) groups is 2. The molecule has 27 heavy (non-hydrogen) atoms. The van der Waals surface area contributed by atoms with Crippen molar-refractivity contribution in [2.45, 2.75) is 6.61 Å². The van der Waals surface area contributed by atoms with Crippen LogP contribution >= 0.6 is 0 Å². The zero-order valence-corrected chi connectivity index (χ0v) is 13.9. The maximum absolute atomic E-state index is 13.5. The molecule has 1 amide bonds. The smallest absolute Gasteiger partial charge is 0.325 e. The zero-order chi connectivity index (χ0) is 19.4. The van der Waals surface area contributed by atoms with Gasteiger partial charge in [-0.3, -0.25) is 9.59 Å². The molecule has 0 unspecified atom stereocenters. The summed E-state index contributed by atoms with van der Waals surface area (Å²) in [5.41, 5.74) is 1.22. The van der Waals surface area contributed by atoms with E-state index in [9.17, 15) is 23.6 Å². The highest BCUT2D eigenvalue weighted by atomic mass is 19.1. The van der Waals surface area contributed by atoms with Gasteiger partial charge in [-0.1, -0.05) is 6.07 Å². The molecule has 6 nitrogen and oxygen atoms in total. The number of nitrogens with one attached hydrogen (secondary N) is 1. The Morgan fingerprint density at radius 2 is 2.04 bits per heavy atom. The molecule has 0 fully saturated rings. The Morgan fingerprint density at radius 1 is 1.22 bits per heavy atom. The summed E-state index contributed by atoms with van der Waals surface area (Å²) in [4.78, 5) is 23.7. The summed E-state index contributed by atoms with van der Waals surface area (Å²) >= 11 is 0. The monoisotopic (exact) mass is 369 g/mol. The van der Waals surface area contributed by atoms with E-state index in [0.717, 1.165) is 12.1 Å². The van der Waals surface area contributed by atoms with E-state index in [-0.39, 0.29) is 12.2 Å². The van der Waals surface area contributed by atoms with Crippen LogP contribution in [0.3, 0.4) is 0 Å². The molecule has 136 valence electrons. The van der Waals surface area contributed by atoms with E-state index >= 15 is 0 Å².